The first-order chi connectivity index (χ1) is 16.4. The number of halogens is 1. The number of aliphatic hydroxyl groups excluding tert-OH is 1. The number of amides is 1. The molecule has 1 aromatic heterocycles. The minimum absolute atomic E-state index is 0.0176. The van der Waals surface area contributed by atoms with Crippen LogP contribution in [0.2, 0.25) is 5.02 Å². The van der Waals surface area contributed by atoms with Gasteiger partial charge in [-0.2, -0.15) is 0 Å². The van der Waals surface area contributed by atoms with E-state index in [9.17, 15) is 14.7 Å². The molecule has 6 nitrogen and oxygen atoms in total. The Morgan fingerprint density at radius 2 is 1.85 bits per heavy atom. The summed E-state index contributed by atoms with van der Waals surface area (Å²) in [5.41, 5.74) is 2.78. The molecule has 0 aliphatic carbocycles. The van der Waals surface area contributed by atoms with E-state index >= 15 is 0 Å². The summed E-state index contributed by atoms with van der Waals surface area (Å²) in [7, 11) is 1.51. The Kier molecular flexibility index (Phi) is 5.59. The second-order valence-corrected chi connectivity index (χ2v) is 9.37. The number of aromatic nitrogens is 1. The van der Waals surface area contributed by atoms with Crippen LogP contribution in [0.25, 0.3) is 16.0 Å². The van der Waals surface area contributed by atoms with E-state index in [-0.39, 0.29) is 11.3 Å². The highest BCUT2D eigenvalue weighted by molar-refractivity contribution is 7.22. The van der Waals surface area contributed by atoms with Crippen molar-refractivity contribution in [3.05, 3.63) is 94.0 Å². The van der Waals surface area contributed by atoms with Crippen molar-refractivity contribution in [2.75, 3.05) is 12.0 Å². The highest BCUT2D eigenvalue weighted by Crippen LogP contribution is 2.44. The Bertz CT molecular complexity index is 1480. The quantitative estimate of drug-likeness (QED) is 0.219. The van der Waals surface area contributed by atoms with Crippen LogP contribution < -0.4 is 9.64 Å². The van der Waals surface area contributed by atoms with E-state index in [1.54, 1.807) is 48.5 Å². The van der Waals surface area contributed by atoms with E-state index in [4.69, 9.17) is 16.3 Å². The van der Waals surface area contributed by atoms with Crippen molar-refractivity contribution in [2.45, 2.75) is 13.0 Å². The first-order valence-corrected chi connectivity index (χ1v) is 11.6. The van der Waals surface area contributed by atoms with Gasteiger partial charge in [-0.25, -0.2) is 4.98 Å². The van der Waals surface area contributed by atoms with E-state index < -0.39 is 17.7 Å². The summed E-state index contributed by atoms with van der Waals surface area (Å²) >= 11 is 7.42. The lowest BCUT2D eigenvalue weighted by molar-refractivity contribution is -0.132. The Morgan fingerprint density at radius 1 is 1.09 bits per heavy atom. The number of Topliss-reactive ketones (excluding diaryl/α,β-unsaturated/α-hetero) is 1. The van der Waals surface area contributed by atoms with Gasteiger partial charge in [0.2, 0.25) is 0 Å². The molecule has 1 aliphatic rings. The van der Waals surface area contributed by atoms with E-state index in [0.29, 0.717) is 27.0 Å². The number of ketones is 1. The third kappa shape index (κ3) is 3.73. The van der Waals surface area contributed by atoms with Crippen LogP contribution >= 0.6 is 22.9 Å². The number of nitrogens with zero attached hydrogens (tertiary/aromatic N) is 2. The fourth-order valence-corrected chi connectivity index (χ4v) is 5.26. The zero-order valence-corrected chi connectivity index (χ0v) is 19.9. The average molecular weight is 491 g/mol. The lowest BCUT2D eigenvalue weighted by atomic mass is 9.95. The predicted molar refractivity (Wildman–Crippen MR) is 134 cm³/mol. The molecular weight excluding hydrogens is 472 g/mol. The van der Waals surface area contributed by atoms with Crippen LogP contribution in [0.4, 0.5) is 5.13 Å². The highest BCUT2D eigenvalue weighted by atomic mass is 35.5. The van der Waals surface area contributed by atoms with Crippen molar-refractivity contribution in [2.24, 2.45) is 0 Å². The molecule has 1 atom stereocenters. The number of thiazole rings is 1. The van der Waals surface area contributed by atoms with Crippen LogP contribution in [0.15, 0.2) is 72.3 Å². The molecular formula is C26H19ClN2O4S. The van der Waals surface area contributed by atoms with E-state index in [0.717, 1.165) is 15.8 Å². The van der Waals surface area contributed by atoms with Gasteiger partial charge in [0.15, 0.2) is 5.13 Å². The van der Waals surface area contributed by atoms with Gasteiger partial charge in [-0.1, -0.05) is 53.3 Å². The topological polar surface area (TPSA) is 79.7 Å². The minimum Gasteiger partial charge on any atom is -0.507 e. The molecule has 1 saturated heterocycles. The number of fused-ring (bicyclic) bond motifs is 1. The zero-order chi connectivity index (χ0) is 24.0. The van der Waals surface area contributed by atoms with Crippen LogP contribution in [-0.4, -0.2) is 28.9 Å². The lowest BCUT2D eigenvalue weighted by Crippen LogP contribution is -2.29. The number of methoxy groups -OCH3 is 1. The number of carbonyl (C=O) groups is 2. The highest BCUT2D eigenvalue weighted by Gasteiger charge is 2.48. The molecule has 0 spiro atoms. The Morgan fingerprint density at radius 3 is 2.59 bits per heavy atom. The second-order valence-electron chi connectivity index (χ2n) is 7.92. The number of aryl methyl sites for hydroxylation is 1. The molecule has 4 aromatic rings. The SMILES string of the molecule is COc1cccc(C(O)=C2C(=O)C(=O)N(c3nc4ccc(C)cc4s3)C2c2ccc(Cl)cc2)c1. The smallest absolute Gasteiger partial charge is 0.301 e. The van der Waals surface area contributed by atoms with Crippen molar-refractivity contribution in [3.63, 3.8) is 0 Å². The minimum atomic E-state index is -0.870. The van der Waals surface area contributed by atoms with Gasteiger partial charge in [-0.15, -0.1) is 0 Å². The van der Waals surface area contributed by atoms with Crippen molar-refractivity contribution >= 4 is 55.7 Å². The first kappa shape index (κ1) is 22.1. The van der Waals surface area contributed by atoms with Gasteiger partial charge < -0.3 is 9.84 Å². The lowest BCUT2D eigenvalue weighted by Gasteiger charge is -2.23. The maximum atomic E-state index is 13.3. The molecule has 170 valence electrons. The fraction of sp³-hybridized carbons (Fsp3) is 0.115. The third-order valence-corrected chi connectivity index (χ3v) is 6.98. The molecule has 1 N–H and O–H groups in total. The summed E-state index contributed by atoms with van der Waals surface area (Å²) in [6.07, 6.45) is 0. The predicted octanol–water partition coefficient (Wildman–Crippen LogP) is 5.89. The summed E-state index contributed by atoms with van der Waals surface area (Å²) in [6.45, 7) is 1.98. The van der Waals surface area contributed by atoms with Gasteiger partial charge in [0.25, 0.3) is 5.78 Å². The standard InChI is InChI=1S/C26H19ClN2O4S/c1-14-6-11-19-20(12-14)34-26(28-19)29-22(15-7-9-17(27)10-8-15)21(24(31)25(29)32)23(30)16-4-3-5-18(13-16)33-2/h3-13,22,30H,1-2H3. The van der Waals surface area contributed by atoms with Crippen molar-refractivity contribution in [1.29, 1.82) is 0 Å². The summed E-state index contributed by atoms with van der Waals surface area (Å²) in [5, 5.41) is 12.1. The van der Waals surface area contributed by atoms with Gasteiger partial charge >= 0.3 is 5.91 Å². The number of ether oxygens (including phenoxy) is 1. The summed E-state index contributed by atoms with van der Waals surface area (Å²) in [4.78, 5) is 32.6. The van der Waals surface area contributed by atoms with Crippen LogP contribution in [0.1, 0.15) is 22.7 Å². The monoisotopic (exact) mass is 490 g/mol. The molecule has 1 fully saturated rings. The number of benzene rings is 3. The second kappa shape index (κ2) is 8.59. The number of hydrogen-bond donors (Lipinski definition) is 1. The molecule has 1 aliphatic heterocycles. The van der Waals surface area contributed by atoms with Crippen LogP contribution in [0.5, 0.6) is 5.75 Å². The van der Waals surface area contributed by atoms with E-state index in [1.165, 1.54) is 23.3 Å². The van der Waals surface area contributed by atoms with Gasteiger partial charge in [-0.3, -0.25) is 14.5 Å². The molecule has 1 amide bonds. The van der Waals surface area contributed by atoms with Crippen LogP contribution in [0.3, 0.4) is 0 Å². The molecule has 8 heteroatoms. The maximum Gasteiger partial charge on any atom is 0.301 e. The molecule has 0 bridgehead atoms. The molecule has 0 radical (unpaired) electrons. The van der Waals surface area contributed by atoms with Gasteiger partial charge in [-0.05, 0) is 54.4 Å². The normalized spacial score (nSPS) is 17.5. The number of hydrogen-bond acceptors (Lipinski definition) is 6. The molecule has 0 saturated carbocycles. The number of rotatable bonds is 4. The molecule has 3 aromatic carbocycles. The molecule has 5 rings (SSSR count). The summed E-state index contributed by atoms with van der Waals surface area (Å²) in [6, 6.07) is 18.5. The van der Waals surface area contributed by atoms with Crippen molar-refractivity contribution in [3.8, 4) is 5.75 Å². The zero-order valence-electron chi connectivity index (χ0n) is 18.3. The largest absolute Gasteiger partial charge is 0.507 e. The van der Waals surface area contributed by atoms with Crippen molar-refractivity contribution in [1.82, 2.24) is 4.98 Å². The molecule has 34 heavy (non-hydrogen) atoms. The number of anilines is 1. The Hall–Kier alpha value is -3.68. The summed E-state index contributed by atoms with van der Waals surface area (Å²) in [5.74, 6) is -1.30. The van der Waals surface area contributed by atoms with E-state index in [1.807, 2.05) is 25.1 Å². The Balaban J connectivity index is 1.73. The molecule has 2 heterocycles. The average Bonchev–Trinajstić information content (AvgIpc) is 3.37. The number of aliphatic hydroxyl groups is 1. The third-order valence-electron chi connectivity index (χ3n) is 5.71. The Labute approximate surface area is 204 Å². The first-order valence-electron chi connectivity index (χ1n) is 10.5. The van der Waals surface area contributed by atoms with Crippen molar-refractivity contribution < 1.29 is 19.4 Å². The maximum absolute atomic E-state index is 13.3. The van der Waals surface area contributed by atoms with Gasteiger partial charge in [0, 0.05) is 10.6 Å². The molecule has 1 unspecified atom stereocenters. The fourth-order valence-electron chi connectivity index (χ4n) is 4.04. The van der Waals surface area contributed by atoms with Crippen LogP contribution in [0, 0.1) is 6.92 Å². The van der Waals surface area contributed by atoms with Crippen LogP contribution in [-0.2, 0) is 9.59 Å². The van der Waals surface area contributed by atoms with Gasteiger partial charge in [0.1, 0.15) is 11.5 Å². The number of carbonyl (C=O) groups excluding carboxylic acids is 2. The van der Waals surface area contributed by atoms with Gasteiger partial charge in [0.05, 0.1) is 28.9 Å². The summed E-state index contributed by atoms with van der Waals surface area (Å²) < 4.78 is 6.16. The van der Waals surface area contributed by atoms with E-state index in [2.05, 4.69) is 4.98 Å².